The molecule has 11 heteroatoms. The molecule has 0 atom stereocenters. The van der Waals surface area contributed by atoms with Crippen molar-refractivity contribution < 1.29 is 23.9 Å². The first kappa shape index (κ1) is 25.9. The van der Waals surface area contributed by atoms with Crippen LogP contribution < -0.4 is 25.5 Å². The van der Waals surface area contributed by atoms with Crippen LogP contribution in [0.15, 0.2) is 66.7 Å². The van der Waals surface area contributed by atoms with Gasteiger partial charge in [-0.3, -0.25) is 19.8 Å². The second-order valence-corrected chi connectivity index (χ2v) is 8.57. The number of rotatable bonds is 7. The molecule has 3 amide bonds. The van der Waals surface area contributed by atoms with E-state index in [1.807, 2.05) is 0 Å². The van der Waals surface area contributed by atoms with Crippen molar-refractivity contribution in [1.82, 2.24) is 4.68 Å². The Labute approximate surface area is 222 Å². The van der Waals surface area contributed by atoms with Crippen molar-refractivity contribution in [3.63, 3.8) is 0 Å². The molecule has 0 aliphatic heterocycles. The lowest BCUT2D eigenvalue weighted by atomic mass is 10.2. The molecule has 3 aromatic carbocycles. The number of hydrogen-bond donors (Lipinski definition) is 3. The molecule has 4 aromatic rings. The fraction of sp³-hybridized carbons (Fsp3) is 0.115. The molecular weight excluding hydrogens is 519 g/mol. The van der Waals surface area contributed by atoms with Gasteiger partial charge in [-0.05, 0) is 49.4 Å². The first-order chi connectivity index (χ1) is 17.8. The van der Waals surface area contributed by atoms with Crippen molar-refractivity contribution in [2.45, 2.75) is 6.92 Å². The van der Waals surface area contributed by atoms with Gasteiger partial charge in [0.15, 0.2) is 0 Å². The third-order valence-electron chi connectivity index (χ3n) is 5.21. The van der Waals surface area contributed by atoms with Gasteiger partial charge in [-0.2, -0.15) is 0 Å². The van der Waals surface area contributed by atoms with Gasteiger partial charge >= 0.3 is 11.8 Å². The van der Waals surface area contributed by atoms with Gasteiger partial charge in [-0.15, -0.1) is 0 Å². The summed E-state index contributed by atoms with van der Waals surface area (Å²) >= 11 is 12.1. The van der Waals surface area contributed by atoms with Crippen LogP contribution in [0.4, 0.5) is 11.4 Å². The number of fused-ring (bicyclic) bond motifs is 1. The van der Waals surface area contributed by atoms with Crippen molar-refractivity contribution in [3.8, 4) is 11.5 Å². The zero-order valence-corrected chi connectivity index (χ0v) is 21.3. The van der Waals surface area contributed by atoms with Gasteiger partial charge in [-0.1, -0.05) is 47.5 Å². The quantitative estimate of drug-likeness (QED) is 0.275. The van der Waals surface area contributed by atoms with E-state index in [4.69, 9.17) is 32.7 Å². The number of nitrogens with one attached hydrogen (secondary N) is 3. The van der Waals surface area contributed by atoms with Gasteiger partial charge in [-0.25, -0.2) is 4.68 Å². The molecule has 0 saturated carbocycles. The highest BCUT2D eigenvalue weighted by Crippen LogP contribution is 2.29. The minimum atomic E-state index is -1.02. The number of nitrogens with zero attached hydrogens (tertiary/aromatic N) is 1. The number of anilines is 2. The van der Waals surface area contributed by atoms with Crippen LogP contribution in [-0.2, 0) is 9.59 Å². The molecule has 0 spiro atoms. The molecule has 0 bridgehead atoms. The molecule has 190 valence electrons. The number of methoxy groups -OCH3 is 1. The smallest absolute Gasteiger partial charge is 0.328 e. The fourth-order valence-electron chi connectivity index (χ4n) is 3.68. The largest absolute Gasteiger partial charge is 0.494 e. The first-order valence-electron chi connectivity index (χ1n) is 11.1. The Balaban J connectivity index is 1.67. The summed E-state index contributed by atoms with van der Waals surface area (Å²) in [5, 5.41) is 6.50. The molecule has 1 heterocycles. The summed E-state index contributed by atoms with van der Waals surface area (Å²) < 4.78 is 12.1. The number of ether oxygens (including phenoxy) is 2. The van der Waals surface area contributed by atoms with E-state index in [1.54, 1.807) is 55.5 Å². The molecule has 0 fully saturated rings. The molecule has 1 aromatic heterocycles. The molecule has 0 unspecified atom stereocenters. The van der Waals surface area contributed by atoms with Crippen molar-refractivity contribution in [2.24, 2.45) is 0 Å². The van der Waals surface area contributed by atoms with Crippen molar-refractivity contribution in [1.29, 1.82) is 0 Å². The topological polar surface area (TPSA) is 111 Å². The third kappa shape index (κ3) is 5.79. The van der Waals surface area contributed by atoms with E-state index in [0.29, 0.717) is 50.4 Å². The van der Waals surface area contributed by atoms with E-state index in [0.717, 1.165) is 0 Å². The molecular formula is C26H22Cl2N4O5. The summed E-state index contributed by atoms with van der Waals surface area (Å²) in [5.74, 6) is -1.77. The molecule has 0 saturated heterocycles. The summed E-state index contributed by atoms with van der Waals surface area (Å²) in [4.78, 5) is 39.0. The van der Waals surface area contributed by atoms with Gasteiger partial charge in [0.2, 0.25) is 0 Å². The Bertz CT molecular complexity index is 1480. The Morgan fingerprint density at radius 1 is 0.865 bits per heavy atom. The van der Waals surface area contributed by atoms with Gasteiger partial charge in [0.1, 0.15) is 22.7 Å². The Morgan fingerprint density at radius 3 is 2.27 bits per heavy atom. The predicted octanol–water partition coefficient (Wildman–Crippen LogP) is 5.32. The average molecular weight is 541 g/mol. The zero-order valence-electron chi connectivity index (χ0n) is 19.8. The second kappa shape index (κ2) is 11.2. The van der Waals surface area contributed by atoms with Gasteiger partial charge in [0.25, 0.3) is 5.91 Å². The highest BCUT2D eigenvalue weighted by Gasteiger charge is 2.23. The maximum Gasteiger partial charge on any atom is 0.328 e. The normalized spacial score (nSPS) is 10.6. The monoisotopic (exact) mass is 540 g/mol. The lowest BCUT2D eigenvalue weighted by molar-refractivity contribution is -0.133. The molecule has 0 aliphatic carbocycles. The summed E-state index contributed by atoms with van der Waals surface area (Å²) in [7, 11) is 1.46. The van der Waals surface area contributed by atoms with Crippen LogP contribution in [0, 0.1) is 0 Å². The van der Waals surface area contributed by atoms with Crippen LogP contribution in [0.1, 0.15) is 17.4 Å². The Kier molecular flexibility index (Phi) is 7.86. The number of aromatic nitrogens is 1. The number of carbonyl (C=O) groups is 3. The molecule has 3 N–H and O–H groups in total. The summed E-state index contributed by atoms with van der Waals surface area (Å²) in [6.45, 7) is 2.18. The second-order valence-electron chi connectivity index (χ2n) is 7.70. The third-order valence-corrected chi connectivity index (χ3v) is 5.65. The lowest BCUT2D eigenvalue weighted by Crippen LogP contribution is -2.36. The average Bonchev–Trinajstić information content (AvgIpc) is 3.23. The summed E-state index contributed by atoms with van der Waals surface area (Å²) in [6.07, 6.45) is 0. The van der Waals surface area contributed by atoms with Gasteiger partial charge < -0.3 is 20.1 Å². The van der Waals surface area contributed by atoms with Crippen LogP contribution in [0.25, 0.3) is 10.9 Å². The van der Waals surface area contributed by atoms with E-state index in [9.17, 15) is 14.4 Å². The summed E-state index contributed by atoms with van der Waals surface area (Å²) in [6, 6.07) is 18.0. The molecule has 37 heavy (non-hydrogen) atoms. The molecule has 0 aliphatic rings. The maximum absolute atomic E-state index is 13.3. The van der Waals surface area contributed by atoms with Gasteiger partial charge in [0.05, 0.1) is 19.4 Å². The minimum Gasteiger partial charge on any atom is -0.494 e. The van der Waals surface area contributed by atoms with E-state index >= 15 is 0 Å². The van der Waals surface area contributed by atoms with Gasteiger partial charge in [0, 0.05) is 21.1 Å². The van der Waals surface area contributed by atoms with E-state index in [2.05, 4.69) is 16.1 Å². The highest BCUT2D eigenvalue weighted by atomic mass is 35.5. The number of benzene rings is 3. The fourth-order valence-corrected chi connectivity index (χ4v) is 4.21. The van der Waals surface area contributed by atoms with Crippen LogP contribution in [0.2, 0.25) is 10.0 Å². The SMILES string of the molecule is CCOc1ccccc1NC(=O)C(=O)Nn1c(C(=O)Nc2cc(Cl)cc(Cl)c2)cc2cccc(OC)c21. The Hall–Kier alpha value is -4.21. The lowest BCUT2D eigenvalue weighted by Gasteiger charge is -2.15. The van der Waals surface area contributed by atoms with E-state index in [1.165, 1.54) is 30.0 Å². The van der Waals surface area contributed by atoms with Crippen molar-refractivity contribution in [3.05, 3.63) is 82.5 Å². The van der Waals surface area contributed by atoms with Crippen LogP contribution in [-0.4, -0.2) is 36.1 Å². The van der Waals surface area contributed by atoms with Crippen molar-refractivity contribution in [2.75, 3.05) is 29.8 Å². The van der Waals surface area contributed by atoms with Crippen LogP contribution in [0.5, 0.6) is 11.5 Å². The zero-order chi connectivity index (χ0) is 26.5. The Morgan fingerprint density at radius 2 is 1.57 bits per heavy atom. The van der Waals surface area contributed by atoms with E-state index < -0.39 is 17.7 Å². The predicted molar refractivity (Wildman–Crippen MR) is 144 cm³/mol. The number of amides is 3. The number of hydrogen-bond acceptors (Lipinski definition) is 5. The molecule has 0 radical (unpaired) electrons. The van der Waals surface area contributed by atoms with E-state index in [-0.39, 0.29) is 5.69 Å². The van der Waals surface area contributed by atoms with Crippen LogP contribution >= 0.6 is 23.2 Å². The number of carbonyl (C=O) groups excluding carboxylic acids is 3. The van der Waals surface area contributed by atoms with Crippen LogP contribution in [0.3, 0.4) is 0 Å². The molecule has 4 rings (SSSR count). The minimum absolute atomic E-state index is 0.0338. The summed E-state index contributed by atoms with van der Waals surface area (Å²) in [5.41, 5.74) is 3.60. The standard InChI is InChI=1S/C26H22Cl2N4O5/c1-3-37-21-9-5-4-8-19(21)30-25(34)26(35)31-32-20(11-15-7-6-10-22(36-2)23(15)32)24(33)29-18-13-16(27)12-17(28)14-18/h4-14H,3H2,1-2H3,(H,29,33)(H,30,34)(H,31,35). The number of para-hydroxylation sites is 3. The maximum atomic E-state index is 13.3. The highest BCUT2D eigenvalue weighted by molar-refractivity contribution is 6.42. The number of halogens is 2. The molecule has 9 nitrogen and oxygen atoms in total. The first-order valence-corrected chi connectivity index (χ1v) is 11.9. The van der Waals surface area contributed by atoms with Crippen molar-refractivity contribution >= 4 is 63.2 Å².